The lowest BCUT2D eigenvalue weighted by atomic mass is 10.2. The summed E-state index contributed by atoms with van der Waals surface area (Å²) in [7, 11) is 0. The molecule has 2 rings (SSSR count). The fraction of sp³-hybridized carbons (Fsp3) is 0.167. The Morgan fingerprint density at radius 2 is 1.77 bits per heavy atom. The van der Waals surface area contributed by atoms with Gasteiger partial charge in [0.2, 0.25) is 11.8 Å². The molecular weight excluding hydrogens is 488 g/mol. The SMILES string of the molecule is Cc1cc(I)ccc1NC(=O)CCC(=O)N/N=C\c1c(Cl)cccc1Cl. The van der Waals surface area contributed by atoms with E-state index in [1.165, 1.54) is 6.21 Å². The van der Waals surface area contributed by atoms with Crippen LogP contribution in [0.4, 0.5) is 5.69 Å². The monoisotopic (exact) mass is 503 g/mol. The molecule has 0 aliphatic rings. The maximum absolute atomic E-state index is 12.0. The number of benzene rings is 2. The number of anilines is 1. The number of nitrogens with zero attached hydrogens (tertiary/aromatic N) is 1. The van der Waals surface area contributed by atoms with E-state index >= 15 is 0 Å². The number of hydrazone groups is 1. The number of aryl methyl sites for hydroxylation is 1. The summed E-state index contributed by atoms with van der Waals surface area (Å²) in [6.45, 7) is 1.92. The van der Waals surface area contributed by atoms with Crippen LogP contribution in [0, 0.1) is 10.5 Å². The summed E-state index contributed by atoms with van der Waals surface area (Å²) in [5.74, 6) is -0.610. The molecule has 2 aromatic carbocycles. The first kappa shape index (κ1) is 20.7. The molecule has 8 heteroatoms. The van der Waals surface area contributed by atoms with Gasteiger partial charge in [-0.3, -0.25) is 9.59 Å². The highest BCUT2D eigenvalue weighted by molar-refractivity contribution is 14.1. The van der Waals surface area contributed by atoms with Gasteiger partial charge >= 0.3 is 0 Å². The molecule has 0 radical (unpaired) electrons. The predicted molar refractivity (Wildman–Crippen MR) is 114 cm³/mol. The van der Waals surface area contributed by atoms with Crippen LogP contribution >= 0.6 is 45.8 Å². The maximum atomic E-state index is 12.0. The van der Waals surface area contributed by atoms with Gasteiger partial charge in [-0.25, -0.2) is 5.43 Å². The number of hydrogen-bond donors (Lipinski definition) is 2. The van der Waals surface area contributed by atoms with Gasteiger partial charge in [0.1, 0.15) is 0 Å². The minimum absolute atomic E-state index is 0.0167. The lowest BCUT2D eigenvalue weighted by Crippen LogP contribution is -2.21. The Morgan fingerprint density at radius 3 is 2.42 bits per heavy atom. The Bertz CT molecular complexity index is 836. The van der Waals surface area contributed by atoms with Crippen LogP contribution in [0.2, 0.25) is 10.0 Å². The summed E-state index contributed by atoms with van der Waals surface area (Å²) in [6.07, 6.45) is 1.44. The van der Waals surface area contributed by atoms with E-state index < -0.39 is 0 Å². The third kappa shape index (κ3) is 6.26. The third-order valence-corrected chi connectivity index (χ3v) is 4.75. The van der Waals surface area contributed by atoms with Crippen molar-refractivity contribution in [2.75, 3.05) is 5.32 Å². The average Bonchev–Trinajstić information content (AvgIpc) is 2.58. The molecule has 0 saturated carbocycles. The van der Waals surface area contributed by atoms with Gasteiger partial charge in [-0.15, -0.1) is 0 Å². The topological polar surface area (TPSA) is 70.6 Å². The standard InChI is InChI=1S/C18H16Cl2IN3O2/c1-11-9-12(21)5-6-16(11)23-17(25)7-8-18(26)24-22-10-13-14(19)3-2-4-15(13)20/h2-6,9-10H,7-8H2,1H3,(H,23,25)(H,24,26)/b22-10-. The van der Waals surface area contributed by atoms with Crippen LogP contribution in [-0.4, -0.2) is 18.0 Å². The molecule has 0 unspecified atom stereocenters. The zero-order chi connectivity index (χ0) is 19.1. The molecular formula is C18H16Cl2IN3O2. The second-order valence-corrected chi connectivity index (χ2v) is 7.50. The Labute approximate surface area is 175 Å². The summed E-state index contributed by atoms with van der Waals surface area (Å²) in [4.78, 5) is 23.8. The molecule has 2 aromatic rings. The Morgan fingerprint density at radius 1 is 1.12 bits per heavy atom. The van der Waals surface area contributed by atoms with Gasteiger partial charge in [-0.05, 0) is 65.4 Å². The normalized spacial score (nSPS) is 10.8. The molecule has 5 nitrogen and oxygen atoms in total. The summed E-state index contributed by atoms with van der Waals surface area (Å²) in [6, 6.07) is 10.8. The third-order valence-electron chi connectivity index (χ3n) is 3.42. The predicted octanol–water partition coefficient (Wildman–Crippen LogP) is 4.78. The summed E-state index contributed by atoms with van der Waals surface area (Å²) < 4.78 is 1.09. The van der Waals surface area contributed by atoms with Crippen LogP contribution in [0.3, 0.4) is 0 Å². The first-order valence-corrected chi connectivity index (χ1v) is 9.52. The number of amides is 2. The van der Waals surface area contributed by atoms with E-state index in [4.69, 9.17) is 23.2 Å². The summed E-state index contributed by atoms with van der Waals surface area (Å²) >= 11 is 14.2. The Balaban J connectivity index is 1.81. The zero-order valence-electron chi connectivity index (χ0n) is 13.9. The van der Waals surface area contributed by atoms with Crippen LogP contribution in [0.1, 0.15) is 24.0 Å². The lowest BCUT2D eigenvalue weighted by Gasteiger charge is -2.08. The smallest absolute Gasteiger partial charge is 0.240 e. The Hall–Kier alpha value is -1.64. The van der Waals surface area contributed by atoms with Crippen molar-refractivity contribution in [1.82, 2.24) is 5.43 Å². The Kier molecular flexibility index (Phi) is 7.86. The summed E-state index contributed by atoms with van der Waals surface area (Å²) in [5, 5.41) is 7.48. The van der Waals surface area contributed by atoms with Crippen molar-refractivity contribution in [2.45, 2.75) is 19.8 Å². The quantitative estimate of drug-likeness (QED) is 0.338. The van der Waals surface area contributed by atoms with Crippen LogP contribution in [0.5, 0.6) is 0 Å². The molecule has 0 aliphatic carbocycles. The number of rotatable bonds is 6. The highest BCUT2D eigenvalue weighted by Gasteiger charge is 2.08. The van der Waals surface area contributed by atoms with Crippen LogP contribution in [-0.2, 0) is 9.59 Å². The van der Waals surface area contributed by atoms with Gasteiger partial charge in [0.15, 0.2) is 0 Å². The number of nitrogens with one attached hydrogen (secondary N) is 2. The molecule has 0 atom stereocenters. The van der Waals surface area contributed by atoms with Crippen molar-refractivity contribution in [2.24, 2.45) is 5.10 Å². The van der Waals surface area contributed by atoms with Gasteiger partial charge in [-0.1, -0.05) is 29.3 Å². The minimum Gasteiger partial charge on any atom is -0.326 e. The molecule has 0 bridgehead atoms. The van der Waals surface area contributed by atoms with Crippen molar-refractivity contribution >= 4 is 69.5 Å². The van der Waals surface area contributed by atoms with Crippen LogP contribution in [0.15, 0.2) is 41.5 Å². The van der Waals surface area contributed by atoms with Gasteiger partial charge in [-0.2, -0.15) is 5.10 Å². The number of hydrogen-bond acceptors (Lipinski definition) is 3. The van der Waals surface area contributed by atoms with Crippen molar-refractivity contribution < 1.29 is 9.59 Å². The molecule has 0 aromatic heterocycles. The number of carbonyl (C=O) groups is 2. The second-order valence-electron chi connectivity index (χ2n) is 5.44. The maximum Gasteiger partial charge on any atom is 0.240 e. The highest BCUT2D eigenvalue weighted by Crippen LogP contribution is 2.22. The highest BCUT2D eigenvalue weighted by atomic mass is 127. The summed E-state index contributed by atoms with van der Waals surface area (Å²) in [5.41, 5.74) is 4.58. The van der Waals surface area contributed by atoms with E-state index in [0.29, 0.717) is 15.6 Å². The molecule has 0 fully saturated rings. The van der Waals surface area contributed by atoms with Crippen molar-refractivity contribution in [3.63, 3.8) is 0 Å². The fourth-order valence-electron chi connectivity index (χ4n) is 2.07. The van der Waals surface area contributed by atoms with E-state index in [9.17, 15) is 9.59 Å². The molecule has 2 amide bonds. The van der Waals surface area contributed by atoms with Gasteiger partial charge < -0.3 is 5.32 Å². The lowest BCUT2D eigenvalue weighted by molar-refractivity contribution is -0.124. The van der Waals surface area contributed by atoms with Gasteiger partial charge in [0.25, 0.3) is 0 Å². The first-order valence-electron chi connectivity index (χ1n) is 7.68. The van der Waals surface area contributed by atoms with E-state index in [1.807, 2.05) is 25.1 Å². The second kappa shape index (κ2) is 9.89. The van der Waals surface area contributed by atoms with Gasteiger partial charge in [0.05, 0.1) is 16.3 Å². The van der Waals surface area contributed by atoms with E-state index in [2.05, 4.69) is 38.4 Å². The molecule has 0 heterocycles. The molecule has 0 aliphatic heterocycles. The number of carbonyl (C=O) groups excluding carboxylic acids is 2. The molecule has 26 heavy (non-hydrogen) atoms. The molecule has 136 valence electrons. The molecule has 0 saturated heterocycles. The fourth-order valence-corrected chi connectivity index (χ4v) is 3.21. The van der Waals surface area contributed by atoms with Crippen LogP contribution in [0.25, 0.3) is 0 Å². The van der Waals surface area contributed by atoms with E-state index in [0.717, 1.165) is 14.8 Å². The largest absolute Gasteiger partial charge is 0.326 e. The van der Waals surface area contributed by atoms with E-state index in [-0.39, 0.29) is 24.7 Å². The van der Waals surface area contributed by atoms with E-state index in [1.54, 1.807) is 18.2 Å². The average molecular weight is 504 g/mol. The molecule has 2 N–H and O–H groups in total. The van der Waals surface area contributed by atoms with Crippen LogP contribution < -0.4 is 10.7 Å². The van der Waals surface area contributed by atoms with Gasteiger partial charge in [0, 0.05) is 27.7 Å². The first-order chi connectivity index (χ1) is 12.4. The van der Waals surface area contributed by atoms with Crippen molar-refractivity contribution in [1.29, 1.82) is 0 Å². The number of halogens is 3. The minimum atomic E-state index is -0.376. The zero-order valence-corrected chi connectivity index (χ0v) is 17.5. The van der Waals surface area contributed by atoms with Crippen molar-refractivity contribution in [3.05, 3.63) is 61.1 Å². The molecule has 0 spiro atoms. The van der Waals surface area contributed by atoms with Crippen molar-refractivity contribution in [3.8, 4) is 0 Å².